The molecule has 9 heteroatoms. The predicted octanol–water partition coefficient (Wildman–Crippen LogP) is 4.47. The van der Waals surface area contributed by atoms with Gasteiger partial charge in [-0.3, -0.25) is 9.59 Å². The van der Waals surface area contributed by atoms with Crippen molar-refractivity contribution in [1.82, 2.24) is 0 Å². The van der Waals surface area contributed by atoms with Crippen molar-refractivity contribution in [3.05, 3.63) is 83.9 Å². The van der Waals surface area contributed by atoms with Gasteiger partial charge in [0.25, 0.3) is 5.91 Å². The summed E-state index contributed by atoms with van der Waals surface area (Å²) in [5.74, 6) is -1.81. The van der Waals surface area contributed by atoms with Crippen molar-refractivity contribution >= 4 is 29.2 Å². The molecule has 4 rings (SSSR count). The molecule has 3 N–H and O–H groups in total. The van der Waals surface area contributed by atoms with Crippen molar-refractivity contribution in [1.29, 1.82) is 0 Å². The quantitative estimate of drug-likeness (QED) is 0.300. The van der Waals surface area contributed by atoms with Crippen molar-refractivity contribution in [3.63, 3.8) is 0 Å². The number of hydrogen-bond acceptors (Lipinski definition) is 6. The highest BCUT2D eigenvalue weighted by Crippen LogP contribution is 2.40. The normalized spacial score (nSPS) is 14.2. The molecule has 1 heterocycles. The number of nitrogens with zero attached hydrogens (tertiary/aromatic N) is 1. The third-order valence-corrected chi connectivity index (χ3v) is 6.17. The Kier molecular flexibility index (Phi) is 8.81. The molecule has 0 bridgehead atoms. The zero-order chi connectivity index (χ0) is 26.9. The highest BCUT2D eigenvalue weighted by Gasteiger charge is 2.32. The molecule has 3 aromatic carbocycles. The number of amides is 1. The van der Waals surface area contributed by atoms with Gasteiger partial charge in [-0.25, -0.2) is 4.79 Å². The molecule has 0 spiro atoms. The molecular formula is C29H30N2O7. The highest BCUT2D eigenvalue weighted by molar-refractivity contribution is 6.07. The van der Waals surface area contributed by atoms with Crippen molar-refractivity contribution in [2.45, 2.75) is 31.8 Å². The average molecular weight is 519 g/mol. The lowest BCUT2D eigenvalue weighted by molar-refractivity contribution is -0.145. The number of carbonyl (C=O) groups is 3. The van der Waals surface area contributed by atoms with Crippen LogP contribution >= 0.6 is 0 Å². The van der Waals surface area contributed by atoms with Crippen LogP contribution in [0.3, 0.4) is 0 Å². The summed E-state index contributed by atoms with van der Waals surface area (Å²) in [4.78, 5) is 37.8. The van der Waals surface area contributed by atoms with E-state index in [1.165, 1.54) is 5.56 Å². The summed E-state index contributed by atoms with van der Waals surface area (Å²) in [6, 6.07) is 22.2. The van der Waals surface area contributed by atoms with Crippen molar-refractivity contribution in [2.24, 2.45) is 0 Å². The number of hydrogen-bond donors (Lipinski definition) is 3. The minimum Gasteiger partial charge on any atom is -0.493 e. The van der Waals surface area contributed by atoms with E-state index in [1.54, 1.807) is 47.4 Å². The van der Waals surface area contributed by atoms with Gasteiger partial charge in [-0.2, -0.15) is 0 Å². The first-order valence-electron chi connectivity index (χ1n) is 12.5. The lowest BCUT2D eigenvalue weighted by Crippen LogP contribution is -2.45. The molecule has 1 unspecified atom stereocenters. The molecule has 198 valence electrons. The molecule has 1 amide bonds. The Hall–Kier alpha value is -4.53. The van der Waals surface area contributed by atoms with E-state index in [0.29, 0.717) is 42.3 Å². The van der Waals surface area contributed by atoms with E-state index in [1.807, 2.05) is 18.2 Å². The maximum Gasteiger partial charge on any atom is 0.346 e. The van der Waals surface area contributed by atoms with Gasteiger partial charge < -0.3 is 29.9 Å². The Labute approximate surface area is 220 Å². The number of anilines is 2. The molecule has 0 saturated heterocycles. The largest absolute Gasteiger partial charge is 0.493 e. The molecule has 9 nitrogen and oxygen atoms in total. The van der Waals surface area contributed by atoms with E-state index in [9.17, 15) is 19.5 Å². The number of carboxylic acid groups (broad SMARTS) is 2. The van der Waals surface area contributed by atoms with Gasteiger partial charge in [0.05, 0.1) is 30.1 Å². The van der Waals surface area contributed by atoms with Gasteiger partial charge in [-0.15, -0.1) is 0 Å². The minimum atomic E-state index is -1.16. The van der Waals surface area contributed by atoms with Gasteiger partial charge >= 0.3 is 11.9 Å². The number of aliphatic carboxylic acids is 2. The molecule has 1 aliphatic rings. The second kappa shape index (κ2) is 12.6. The molecule has 1 aliphatic heterocycles. The Morgan fingerprint density at radius 3 is 2.47 bits per heavy atom. The number of nitrogens with one attached hydrogen (secondary N) is 1. The monoisotopic (exact) mass is 518 g/mol. The number of aryl methyl sites for hydroxylation is 1. The van der Waals surface area contributed by atoms with Crippen molar-refractivity contribution in [3.8, 4) is 11.5 Å². The van der Waals surface area contributed by atoms with Crippen LogP contribution in [-0.4, -0.2) is 53.9 Å². The average Bonchev–Trinajstić information content (AvgIpc) is 2.92. The SMILES string of the molecule is O=C(O)CCCN1CC(C(=O)O)Oc2c(NC(=O)c3ccccc3OCCCc3ccccc3)cccc21. The number of para-hydroxylation sites is 2. The fourth-order valence-corrected chi connectivity index (χ4v) is 4.31. The number of rotatable bonds is 12. The Balaban J connectivity index is 1.47. The maximum absolute atomic E-state index is 13.3. The van der Waals surface area contributed by atoms with Gasteiger partial charge in [0.2, 0.25) is 6.10 Å². The van der Waals surface area contributed by atoms with Crippen LogP contribution in [0.4, 0.5) is 11.4 Å². The molecule has 0 saturated carbocycles. The van der Waals surface area contributed by atoms with Crippen LogP contribution in [0.15, 0.2) is 72.8 Å². The van der Waals surface area contributed by atoms with Crippen molar-refractivity contribution in [2.75, 3.05) is 29.9 Å². The molecule has 0 fully saturated rings. The van der Waals surface area contributed by atoms with Crippen LogP contribution in [0.25, 0.3) is 0 Å². The third-order valence-electron chi connectivity index (χ3n) is 6.17. The van der Waals surface area contributed by atoms with Gasteiger partial charge in [0, 0.05) is 13.0 Å². The number of ether oxygens (including phenoxy) is 2. The van der Waals surface area contributed by atoms with Crippen molar-refractivity contribution < 1.29 is 34.1 Å². The van der Waals surface area contributed by atoms with Crippen LogP contribution in [0.2, 0.25) is 0 Å². The number of carbonyl (C=O) groups excluding carboxylic acids is 1. The second-order valence-corrected chi connectivity index (χ2v) is 8.93. The summed E-state index contributed by atoms with van der Waals surface area (Å²) in [5.41, 5.74) is 2.47. The summed E-state index contributed by atoms with van der Waals surface area (Å²) in [6.07, 6.45) is 0.783. The minimum absolute atomic E-state index is 0.0387. The topological polar surface area (TPSA) is 125 Å². The fraction of sp³-hybridized carbons (Fsp3) is 0.276. The number of benzene rings is 3. The number of fused-ring (bicyclic) bond motifs is 1. The lowest BCUT2D eigenvalue weighted by Gasteiger charge is -2.35. The van der Waals surface area contributed by atoms with Gasteiger partial charge in [0.1, 0.15) is 5.75 Å². The summed E-state index contributed by atoms with van der Waals surface area (Å²) < 4.78 is 11.7. The van der Waals surface area contributed by atoms with Gasteiger partial charge in [-0.05, 0) is 49.1 Å². The van der Waals surface area contributed by atoms with Crippen LogP contribution in [-0.2, 0) is 16.0 Å². The molecule has 1 atom stereocenters. The molecule has 38 heavy (non-hydrogen) atoms. The van der Waals surface area contributed by atoms with E-state index in [4.69, 9.17) is 14.6 Å². The first kappa shape index (κ1) is 26.5. The zero-order valence-electron chi connectivity index (χ0n) is 20.8. The molecule has 0 aliphatic carbocycles. The summed E-state index contributed by atoms with van der Waals surface area (Å²) in [6.45, 7) is 0.844. The molecule has 0 radical (unpaired) electrons. The van der Waals surface area contributed by atoms with E-state index in [2.05, 4.69) is 17.4 Å². The Morgan fingerprint density at radius 1 is 0.947 bits per heavy atom. The maximum atomic E-state index is 13.3. The van der Waals surface area contributed by atoms with Crippen LogP contribution < -0.4 is 19.7 Å². The van der Waals surface area contributed by atoms with E-state index in [-0.39, 0.29) is 18.7 Å². The second-order valence-electron chi connectivity index (χ2n) is 8.93. The Bertz CT molecular complexity index is 1280. The smallest absolute Gasteiger partial charge is 0.346 e. The fourth-order valence-electron chi connectivity index (χ4n) is 4.31. The first-order chi connectivity index (χ1) is 18.4. The van der Waals surface area contributed by atoms with Gasteiger partial charge in [0.15, 0.2) is 5.75 Å². The molecule has 0 aromatic heterocycles. The summed E-state index contributed by atoms with van der Waals surface area (Å²) in [7, 11) is 0. The van der Waals surface area contributed by atoms with E-state index < -0.39 is 23.9 Å². The van der Waals surface area contributed by atoms with E-state index in [0.717, 1.165) is 12.8 Å². The lowest BCUT2D eigenvalue weighted by atomic mass is 10.1. The first-order valence-corrected chi connectivity index (χ1v) is 12.5. The zero-order valence-corrected chi connectivity index (χ0v) is 20.8. The molecular weight excluding hydrogens is 488 g/mol. The standard InChI is InChI=1S/C29H30N2O7/c32-26(33)16-7-17-31-19-25(29(35)36)38-27-22(13-6-14-23(27)31)30-28(34)21-12-4-5-15-24(21)37-18-8-11-20-9-2-1-3-10-20/h1-6,9-10,12-15,25H,7-8,11,16-19H2,(H,30,34)(H,32,33)(H,35,36). The number of carboxylic acids is 2. The predicted molar refractivity (Wildman–Crippen MR) is 142 cm³/mol. The Morgan fingerprint density at radius 2 is 1.71 bits per heavy atom. The van der Waals surface area contributed by atoms with Crippen LogP contribution in [0.5, 0.6) is 11.5 Å². The summed E-state index contributed by atoms with van der Waals surface area (Å²) >= 11 is 0. The summed E-state index contributed by atoms with van der Waals surface area (Å²) in [5, 5.41) is 21.4. The molecule has 3 aromatic rings. The van der Waals surface area contributed by atoms with Crippen LogP contribution in [0.1, 0.15) is 35.2 Å². The highest BCUT2D eigenvalue weighted by atomic mass is 16.5. The van der Waals surface area contributed by atoms with Crippen LogP contribution in [0, 0.1) is 0 Å². The van der Waals surface area contributed by atoms with E-state index >= 15 is 0 Å². The third kappa shape index (κ3) is 6.82. The van der Waals surface area contributed by atoms with Gasteiger partial charge in [-0.1, -0.05) is 48.5 Å².